The summed E-state index contributed by atoms with van der Waals surface area (Å²) in [6.45, 7) is 9.15. The number of benzene rings is 3. The van der Waals surface area contributed by atoms with E-state index in [2.05, 4.69) is 98.3 Å². The van der Waals surface area contributed by atoms with Gasteiger partial charge in [0, 0.05) is 28.9 Å². The number of hydrogen-bond donors (Lipinski definition) is 2. The molecule has 0 aliphatic carbocycles. The highest BCUT2D eigenvalue weighted by Crippen LogP contribution is 2.36. The lowest BCUT2D eigenvalue weighted by Gasteiger charge is -2.17. The van der Waals surface area contributed by atoms with Gasteiger partial charge in [0.2, 0.25) is 0 Å². The molecule has 0 amide bonds. The molecule has 6 rings (SSSR count). The first-order valence-electron chi connectivity index (χ1n) is 13.4. The van der Waals surface area contributed by atoms with Crippen molar-refractivity contribution >= 4 is 32.8 Å². The molecule has 3 heterocycles. The smallest absolute Gasteiger partial charge is 0.138 e. The summed E-state index contributed by atoms with van der Waals surface area (Å²) in [5.74, 6) is 2.20. The Kier molecular flexibility index (Phi) is 6.03. The van der Waals surface area contributed by atoms with Crippen LogP contribution in [0, 0.1) is 0 Å². The van der Waals surface area contributed by atoms with Gasteiger partial charge in [-0.25, -0.2) is 4.98 Å². The average molecular weight is 487 g/mol. The fraction of sp³-hybridized carbons (Fsp3) is 0.273. The van der Waals surface area contributed by atoms with Crippen molar-refractivity contribution in [2.24, 2.45) is 0 Å². The molecule has 0 saturated carbocycles. The van der Waals surface area contributed by atoms with Gasteiger partial charge in [-0.15, -0.1) is 0 Å². The van der Waals surface area contributed by atoms with Gasteiger partial charge in [-0.1, -0.05) is 70.2 Å². The third kappa shape index (κ3) is 4.31. The van der Waals surface area contributed by atoms with Crippen LogP contribution in [0.25, 0.3) is 44.2 Å². The summed E-state index contributed by atoms with van der Waals surface area (Å²) in [5.41, 5.74) is 9.60. The molecule has 6 aromatic rings. The Morgan fingerprint density at radius 2 is 1.65 bits per heavy atom. The molecule has 0 bridgehead atoms. The van der Waals surface area contributed by atoms with Crippen molar-refractivity contribution in [3.8, 4) is 11.4 Å². The maximum absolute atomic E-state index is 5.06. The largest absolute Gasteiger partial charge is 0.361 e. The minimum atomic E-state index is 0.340. The fourth-order valence-electron chi connectivity index (χ4n) is 5.74. The number of fused-ring (bicyclic) bond motifs is 3. The van der Waals surface area contributed by atoms with Crippen molar-refractivity contribution in [1.82, 2.24) is 19.9 Å². The second-order valence-corrected chi connectivity index (χ2v) is 10.8. The van der Waals surface area contributed by atoms with Crippen LogP contribution >= 0.6 is 0 Å². The van der Waals surface area contributed by atoms with Crippen LogP contribution < -0.4 is 0 Å². The van der Waals surface area contributed by atoms with E-state index in [9.17, 15) is 0 Å². The van der Waals surface area contributed by atoms with Crippen LogP contribution in [0.2, 0.25) is 0 Å². The fourth-order valence-corrected chi connectivity index (χ4v) is 5.74. The van der Waals surface area contributed by atoms with Gasteiger partial charge in [-0.2, -0.15) is 0 Å². The standard InChI is InChI=1S/C33H34N4/c1-20(2)30-27(15-14-24-7-6-17-35-31(24)30)33-36-28-9-5-8-26(32(28)37-33)22(4)11-10-21(3)25-13-12-23-16-18-34-29(23)19-25/h5-9,12-22,34H,10-11H2,1-4H3,(H,36,37). The predicted molar refractivity (Wildman–Crippen MR) is 155 cm³/mol. The van der Waals surface area contributed by atoms with Gasteiger partial charge >= 0.3 is 0 Å². The molecule has 0 radical (unpaired) electrons. The van der Waals surface area contributed by atoms with Gasteiger partial charge in [0.15, 0.2) is 0 Å². The first kappa shape index (κ1) is 23.5. The summed E-state index contributed by atoms with van der Waals surface area (Å²) >= 11 is 0. The summed E-state index contributed by atoms with van der Waals surface area (Å²) < 4.78 is 0. The molecule has 4 heteroatoms. The van der Waals surface area contributed by atoms with Crippen LogP contribution in [0.3, 0.4) is 0 Å². The summed E-state index contributed by atoms with van der Waals surface area (Å²) in [6, 6.07) is 23.9. The molecular weight excluding hydrogens is 452 g/mol. The Bertz CT molecular complexity index is 1700. The summed E-state index contributed by atoms with van der Waals surface area (Å²) in [6.07, 6.45) is 6.15. The minimum absolute atomic E-state index is 0.340. The average Bonchev–Trinajstić information content (AvgIpc) is 3.57. The van der Waals surface area contributed by atoms with E-state index >= 15 is 0 Å². The minimum Gasteiger partial charge on any atom is -0.361 e. The van der Waals surface area contributed by atoms with Crippen LogP contribution in [-0.2, 0) is 0 Å². The first-order chi connectivity index (χ1) is 18.0. The highest BCUT2D eigenvalue weighted by Gasteiger charge is 2.19. The summed E-state index contributed by atoms with van der Waals surface area (Å²) in [5, 5.41) is 2.44. The zero-order chi connectivity index (χ0) is 25.5. The van der Waals surface area contributed by atoms with E-state index in [0.29, 0.717) is 17.8 Å². The quantitative estimate of drug-likeness (QED) is 0.236. The van der Waals surface area contributed by atoms with E-state index in [1.807, 2.05) is 18.5 Å². The monoisotopic (exact) mass is 486 g/mol. The number of hydrogen-bond acceptors (Lipinski definition) is 2. The second kappa shape index (κ2) is 9.51. The van der Waals surface area contributed by atoms with Crippen molar-refractivity contribution in [1.29, 1.82) is 0 Å². The molecule has 3 aromatic carbocycles. The number of imidazole rings is 1. The molecule has 0 spiro atoms. The number of H-pyrrole nitrogens is 2. The molecule has 186 valence electrons. The van der Waals surface area contributed by atoms with Crippen LogP contribution in [0.4, 0.5) is 0 Å². The molecule has 2 unspecified atom stereocenters. The van der Waals surface area contributed by atoms with E-state index in [1.54, 1.807) is 0 Å². The van der Waals surface area contributed by atoms with Crippen molar-refractivity contribution in [3.63, 3.8) is 0 Å². The van der Waals surface area contributed by atoms with Gasteiger partial charge in [0.25, 0.3) is 0 Å². The summed E-state index contributed by atoms with van der Waals surface area (Å²) in [7, 11) is 0. The number of aromatic amines is 2. The molecule has 4 nitrogen and oxygen atoms in total. The van der Waals surface area contributed by atoms with Crippen LogP contribution in [0.15, 0.2) is 79.1 Å². The predicted octanol–water partition coefficient (Wildman–Crippen LogP) is 9.07. The second-order valence-electron chi connectivity index (χ2n) is 10.8. The highest BCUT2D eigenvalue weighted by atomic mass is 14.9. The maximum Gasteiger partial charge on any atom is 0.138 e. The SMILES string of the molecule is CC(C)c1c(-c2nc3cccc(C(C)CCC(C)c4ccc5cc[nH]c5c4)c3[nH]2)ccc2cccnc12. The lowest BCUT2D eigenvalue weighted by molar-refractivity contribution is 0.576. The Morgan fingerprint density at radius 1 is 0.811 bits per heavy atom. The van der Waals surface area contributed by atoms with Crippen LogP contribution in [-0.4, -0.2) is 19.9 Å². The number of aromatic nitrogens is 4. The molecule has 0 aliphatic heterocycles. The van der Waals surface area contributed by atoms with E-state index in [-0.39, 0.29) is 0 Å². The van der Waals surface area contributed by atoms with Gasteiger partial charge in [-0.3, -0.25) is 4.98 Å². The molecule has 2 N–H and O–H groups in total. The van der Waals surface area contributed by atoms with Crippen molar-refractivity contribution in [2.75, 3.05) is 0 Å². The van der Waals surface area contributed by atoms with E-state index in [4.69, 9.17) is 9.97 Å². The zero-order valence-corrected chi connectivity index (χ0v) is 22.0. The lowest BCUT2D eigenvalue weighted by atomic mass is 9.88. The molecule has 37 heavy (non-hydrogen) atoms. The Labute approximate surface area is 218 Å². The van der Waals surface area contributed by atoms with E-state index in [0.717, 1.165) is 40.8 Å². The van der Waals surface area contributed by atoms with E-state index < -0.39 is 0 Å². The van der Waals surface area contributed by atoms with Gasteiger partial charge < -0.3 is 9.97 Å². The number of para-hydroxylation sites is 1. The zero-order valence-electron chi connectivity index (χ0n) is 22.0. The van der Waals surface area contributed by atoms with Crippen molar-refractivity contribution in [2.45, 2.75) is 58.3 Å². The number of rotatable bonds is 7. The van der Waals surface area contributed by atoms with Gasteiger partial charge in [0.05, 0.1) is 16.6 Å². The normalized spacial score (nSPS) is 13.6. The number of nitrogens with zero attached hydrogens (tertiary/aromatic N) is 2. The van der Waals surface area contributed by atoms with Gasteiger partial charge in [0.1, 0.15) is 5.82 Å². The highest BCUT2D eigenvalue weighted by molar-refractivity contribution is 5.90. The molecule has 2 atom stereocenters. The lowest BCUT2D eigenvalue weighted by Crippen LogP contribution is -2.00. The number of pyridine rings is 1. The van der Waals surface area contributed by atoms with Gasteiger partial charge in [-0.05, 0) is 76.9 Å². The maximum atomic E-state index is 5.06. The first-order valence-corrected chi connectivity index (χ1v) is 13.4. The Balaban J connectivity index is 1.29. The van der Waals surface area contributed by atoms with Crippen molar-refractivity contribution < 1.29 is 0 Å². The van der Waals surface area contributed by atoms with Crippen LogP contribution in [0.1, 0.15) is 75.0 Å². The molecular formula is C33H34N4. The summed E-state index contributed by atoms with van der Waals surface area (Å²) in [4.78, 5) is 16.8. The third-order valence-electron chi connectivity index (χ3n) is 7.91. The third-order valence-corrected chi connectivity index (χ3v) is 7.91. The van der Waals surface area contributed by atoms with Crippen LogP contribution in [0.5, 0.6) is 0 Å². The topological polar surface area (TPSA) is 57.4 Å². The molecule has 0 aliphatic rings. The van der Waals surface area contributed by atoms with E-state index in [1.165, 1.54) is 33.0 Å². The Hall–Kier alpha value is -3.92. The molecule has 0 fully saturated rings. The number of nitrogens with one attached hydrogen (secondary N) is 2. The molecule has 3 aromatic heterocycles. The van der Waals surface area contributed by atoms with Crippen molar-refractivity contribution in [3.05, 3.63) is 95.8 Å². The Morgan fingerprint density at radius 3 is 2.51 bits per heavy atom. The molecule has 0 saturated heterocycles.